The summed E-state index contributed by atoms with van der Waals surface area (Å²) in [5.74, 6) is 0. The highest BCUT2D eigenvalue weighted by atomic mass is 16.1. The van der Waals surface area contributed by atoms with Crippen LogP contribution in [0.2, 0.25) is 0 Å². The molecule has 1 aliphatic heterocycles. The Morgan fingerprint density at radius 2 is 2.07 bits per heavy atom. The van der Waals surface area contributed by atoms with Gasteiger partial charge in [-0.25, -0.2) is 4.98 Å². The Morgan fingerprint density at radius 1 is 1.27 bits per heavy atom. The molecule has 0 spiro atoms. The van der Waals surface area contributed by atoms with Crippen LogP contribution < -0.4 is 0 Å². The summed E-state index contributed by atoms with van der Waals surface area (Å²) in [5.41, 5.74) is 0.673. The number of carbonyl (C=O) groups excluding carboxylic acids is 1. The highest BCUT2D eigenvalue weighted by Gasteiger charge is 2.10. The standard InChI is InChI=1S/C11H17N3O/c15-9-11-8-12-10-14(11)7-6-13-4-2-1-3-5-13/h8-10H,1-7H2. The predicted octanol–water partition coefficient (Wildman–Crippen LogP) is 1.18. The fourth-order valence-corrected chi connectivity index (χ4v) is 2.05. The summed E-state index contributed by atoms with van der Waals surface area (Å²) < 4.78 is 1.92. The number of hydrogen-bond donors (Lipinski definition) is 0. The Labute approximate surface area is 89.9 Å². The third-order valence-corrected chi connectivity index (χ3v) is 2.97. The van der Waals surface area contributed by atoms with Crippen LogP contribution in [0.5, 0.6) is 0 Å². The van der Waals surface area contributed by atoms with Crippen LogP contribution in [-0.2, 0) is 6.54 Å². The van der Waals surface area contributed by atoms with Gasteiger partial charge in [0.25, 0.3) is 0 Å². The van der Waals surface area contributed by atoms with Crippen LogP contribution in [0, 0.1) is 0 Å². The van der Waals surface area contributed by atoms with Crippen molar-refractivity contribution in [2.24, 2.45) is 0 Å². The molecule has 0 radical (unpaired) electrons. The first kappa shape index (κ1) is 10.4. The van der Waals surface area contributed by atoms with Gasteiger partial charge >= 0.3 is 0 Å². The van der Waals surface area contributed by atoms with Crippen molar-refractivity contribution < 1.29 is 4.79 Å². The Hall–Kier alpha value is -1.16. The Balaban J connectivity index is 1.84. The summed E-state index contributed by atoms with van der Waals surface area (Å²) >= 11 is 0. The lowest BCUT2D eigenvalue weighted by Crippen LogP contribution is -2.32. The quantitative estimate of drug-likeness (QED) is 0.696. The molecule has 0 amide bonds. The van der Waals surface area contributed by atoms with Gasteiger partial charge in [-0.05, 0) is 25.9 Å². The van der Waals surface area contributed by atoms with Gasteiger partial charge in [0, 0.05) is 13.1 Å². The third-order valence-electron chi connectivity index (χ3n) is 2.97. The summed E-state index contributed by atoms with van der Waals surface area (Å²) in [6.07, 6.45) is 8.19. The van der Waals surface area contributed by atoms with Gasteiger partial charge in [-0.1, -0.05) is 6.42 Å². The zero-order valence-corrected chi connectivity index (χ0v) is 8.93. The van der Waals surface area contributed by atoms with E-state index in [-0.39, 0.29) is 0 Å². The lowest BCUT2D eigenvalue weighted by Gasteiger charge is -2.26. The molecule has 4 heteroatoms. The number of aldehydes is 1. The van der Waals surface area contributed by atoms with Crippen molar-refractivity contribution in [1.82, 2.24) is 14.5 Å². The fraction of sp³-hybridized carbons (Fsp3) is 0.636. The van der Waals surface area contributed by atoms with Gasteiger partial charge < -0.3 is 9.47 Å². The van der Waals surface area contributed by atoms with Crippen LogP contribution in [-0.4, -0.2) is 40.4 Å². The molecule has 15 heavy (non-hydrogen) atoms. The number of nitrogens with zero attached hydrogens (tertiary/aromatic N) is 3. The molecule has 82 valence electrons. The average molecular weight is 207 g/mol. The summed E-state index contributed by atoms with van der Waals surface area (Å²) in [6.45, 7) is 4.29. The van der Waals surface area contributed by atoms with E-state index in [2.05, 4.69) is 9.88 Å². The molecular formula is C11H17N3O. The van der Waals surface area contributed by atoms with Gasteiger partial charge in [-0.3, -0.25) is 4.79 Å². The van der Waals surface area contributed by atoms with E-state index in [1.807, 2.05) is 4.57 Å². The molecular weight excluding hydrogens is 190 g/mol. The molecule has 1 aromatic heterocycles. The maximum atomic E-state index is 10.7. The van der Waals surface area contributed by atoms with E-state index in [0.29, 0.717) is 5.69 Å². The highest BCUT2D eigenvalue weighted by molar-refractivity contribution is 5.71. The molecule has 0 bridgehead atoms. The molecule has 0 aliphatic carbocycles. The first-order valence-corrected chi connectivity index (χ1v) is 5.58. The lowest BCUT2D eigenvalue weighted by atomic mass is 10.1. The lowest BCUT2D eigenvalue weighted by molar-refractivity contribution is 0.111. The number of hydrogen-bond acceptors (Lipinski definition) is 3. The molecule has 1 saturated heterocycles. The van der Waals surface area contributed by atoms with Crippen molar-refractivity contribution in [2.45, 2.75) is 25.8 Å². The second-order valence-electron chi connectivity index (χ2n) is 4.03. The molecule has 0 aromatic carbocycles. The molecule has 0 saturated carbocycles. The minimum Gasteiger partial charge on any atom is -0.327 e. The molecule has 4 nitrogen and oxygen atoms in total. The molecule has 0 unspecified atom stereocenters. The Bertz CT molecular complexity index is 315. The van der Waals surface area contributed by atoms with Gasteiger partial charge in [0.05, 0.1) is 12.5 Å². The fourth-order valence-electron chi connectivity index (χ4n) is 2.05. The minimum atomic E-state index is 0.673. The van der Waals surface area contributed by atoms with E-state index >= 15 is 0 Å². The monoisotopic (exact) mass is 207 g/mol. The van der Waals surface area contributed by atoms with Crippen molar-refractivity contribution in [2.75, 3.05) is 19.6 Å². The molecule has 1 aromatic rings. The number of piperidine rings is 1. The molecule has 2 rings (SSSR count). The van der Waals surface area contributed by atoms with Crippen molar-refractivity contribution in [1.29, 1.82) is 0 Å². The van der Waals surface area contributed by atoms with Gasteiger partial charge in [0.15, 0.2) is 6.29 Å². The van der Waals surface area contributed by atoms with Gasteiger partial charge in [0.2, 0.25) is 0 Å². The van der Waals surface area contributed by atoms with Crippen LogP contribution >= 0.6 is 0 Å². The first-order chi connectivity index (χ1) is 7.40. The number of rotatable bonds is 4. The van der Waals surface area contributed by atoms with Gasteiger partial charge in [-0.2, -0.15) is 0 Å². The van der Waals surface area contributed by atoms with E-state index in [1.165, 1.54) is 32.4 Å². The van der Waals surface area contributed by atoms with Crippen LogP contribution in [0.15, 0.2) is 12.5 Å². The normalized spacial score (nSPS) is 17.9. The zero-order valence-electron chi connectivity index (χ0n) is 8.93. The summed E-state index contributed by atoms with van der Waals surface area (Å²) in [5, 5.41) is 0. The maximum Gasteiger partial charge on any atom is 0.168 e. The van der Waals surface area contributed by atoms with Crippen molar-refractivity contribution in [3.63, 3.8) is 0 Å². The summed E-state index contributed by atoms with van der Waals surface area (Å²) in [4.78, 5) is 17.1. The third kappa shape index (κ3) is 2.65. The van der Waals surface area contributed by atoms with E-state index in [9.17, 15) is 4.79 Å². The summed E-state index contributed by atoms with van der Waals surface area (Å²) in [6, 6.07) is 0. The molecule has 0 N–H and O–H groups in total. The topological polar surface area (TPSA) is 38.1 Å². The number of imidazole rings is 1. The Kier molecular flexibility index (Phi) is 3.50. The van der Waals surface area contributed by atoms with Crippen LogP contribution in [0.1, 0.15) is 29.8 Å². The SMILES string of the molecule is O=Cc1cncn1CCN1CCCCC1. The number of aromatic nitrogens is 2. The molecule has 1 fully saturated rings. The second kappa shape index (κ2) is 5.07. The number of likely N-dealkylation sites (tertiary alicyclic amines) is 1. The van der Waals surface area contributed by atoms with Crippen molar-refractivity contribution in [3.8, 4) is 0 Å². The maximum absolute atomic E-state index is 10.7. The van der Waals surface area contributed by atoms with E-state index < -0.39 is 0 Å². The largest absolute Gasteiger partial charge is 0.327 e. The highest BCUT2D eigenvalue weighted by Crippen LogP contribution is 2.08. The Morgan fingerprint density at radius 3 is 2.80 bits per heavy atom. The van der Waals surface area contributed by atoms with Gasteiger partial charge in [-0.15, -0.1) is 0 Å². The van der Waals surface area contributed by atoms with Crippen LogP contribution in [0.3, 0.4) is 0 Å². The van der Waals surface area contributed by atoms with Crippen molar-refractivity contribution >= 4 is 6.29 Å². The predicted molar refractivity (Wildman–Crippen MR) is 57.9 cm³/mol. The van der Waals surface area contributed by atoms with E-state index in [1.54, 1.807) is 12.5 Å². The van der Waals surface area contributed by atoms with Crippen LogP contribution in [0.25, 0.3) is 0 Å². The van der Waals surface area contributed by atoms with E-state index in [4.69, 9.17) is 0 Å². The second-order valence-corrected chi connectivity index (χ2v) is 4.03. The molecule has 0 atom stereocenters. The number of carbonyl (C=O) groups is 1. The minimum absolute atomic E-state index is 0.673. The van der Waals surface area contributed by atoms with E-state index in [0.717, 1.165) is 19.4 Å². The van der Waals surface area contributed by atoms with Gasteiger partial charge in [0.1, 0.15) is 5.69 Å². The average Bonchev–Trinajstić information content (AvgIpc) is 2.75. The first-order valence-electron chi connectivity index (χ1n) is 5.58. The van der Waals surface area contributed by atoms with Crippen molar-refractivity contribution in [3.05, 3.63) is 18.2 Å². The smallest absolute Gasteiger partial charge is 0.168 e. The summed E-state index contributed by atoms with van der Waals surface area (Å²) in [7, 11) is 0. The van der Waals surface area contributed by atoms with Crippen LogP contribution in [0.4, 0.5) is 0 Å². The zero-order chi connectivity index (χ0) is 10.5. The molecule has 2 heterocycles. The molecule has 1 aliphatic rings.